The topological polar surface area (TPSA) is 84.4 Å². The van der Waals surface area contributed by atoms with Gasteiger partial charge < -0.3 is 15.0 Å². The van der Waals surface area contributed by atoms with Crippen LogP contribution in [-0.2, 0) is 16.1 Å². The third kappa shape index (κ3) is 7.89. The maximum atomic E-state index is 13.9. The number of hydrogen-bond donors (Lipinski definition) is 1. The number of ether oxygens (including phenoxy) is 1. The molecule has 0 bridgehead atoms. The summed E-state index contributed by atoms with van der Waals surface area (Å²) in [4.78, 5) is 38.2. The summed E-state index contributed by atoms with van der Waals surface area (Å²) >= 11 is 1.25. The number of halogens is 1. The zero-order valence-corrected chi connectivity index (χ0v) is 23.2. The van der Waals surface area contributed by atoms with Crippen molar-refractivity contribution in [2.24, 2.45) is 5.92 Å². The molecule has 0 saturated carbocycles. The van der Waals surface area contributed by atoms with Gasteiger partial charge in [0.05, 0.1) is 12.9 Å². The minimum Gasteiger partial charge on any atom is -0.497 e. The van der Waals surface area contributed by atoms with Crippen LogP contribution in [0.15, 0.2) is 71.9 Å². The molecular formula is C30H33FN4O3S. The van der Waals surface area contributed by atoms with Crippen LogP contribution in [0.25, 0.3) is 0 Å². The van der Waals surface area contributed by atoms with Crippen LogP contribution in [0.4, 0.5) is 10.1 Å². The van der Waals surface area contributed by atoms with E-state index >= 15 is 0 Å². The molecule has 0 radical (unpaired) electrons. The molecule has 7 nitrogen and oxygen atoms in total. The van der Waals surface area contributed by atoms with Gasteiger partial charge in [-0.3, -0.25) is 9.59 Å². The predicted molar refractivity (Wildman–Crippen MR) is 151 cm³/mol. The molecule has 0 unspecified atom stereocenters. The van der Waals surface area contributed by atoms with Crippen molar-refractivity contribution in [2.45, 2.75) is 50.9 Å². The molecule has 1 heterocycles. The highest BCUT2D eigenvalue weighted by atomic mass is 32.2. The lowest BCUT2D eigenvalue weighted by molar-refractivity contribution is -0.139. The number of nitrogens with one attached hydrogen (secondary N) is 1. The number of nitrogens with zero attached hydrogens (tertiary/aromatic N) is 3. The van der Waals surface area contributed by atoms with E-state index in [9.17, 15) is 14.0 Å². The minimum atomic E-state index is -0.727. The van der Waals surface area contributed by atoms with Crippen molar-refractivity contribution in [1.82, 2.24) is 14.9 Å². The van der Waals surface area contributed by atoms with Crippen molar-refractivity contribution in [3.05, 3.63) is 89.5 Å². The van der Waals surface area contributed by atoms with Crippen LogP contribution < -0.4 is 10.1 Å². The van der Waals surface area contributed by atoms with Crippen molar-refractivity contribution < 1.29 is 18.7 Å². The Kier molecular flexibility index (Phi) is 9.70. The van der Waals surface area contributed by atoms with Gasteiger partial charge in [-0.25, -0.2) is 14.4 Å². The van der Waals surface area contributed by atoms with Crippen molar-refractivity contribution in [3.63, 3.8) is 0 Å². The number of methoxy groups -OCH3 is 1. The Morgan fingerprint density at radius 1 is 1.08 bits per heavy atom. The van der Waals surface area contributed by atoms with Crippen molar-refractivity contribution in [1.29, 1.82) is 0 Å². The van der Waals surface area contributed by atoms with Crippen LogP contribution in [0.3, 0.4) is 0 Å². The van der Waals surface area contributed by atoms with Gasteiger partial charge in [-0.1, -0.05) is 36.0 Å². The summed E-state index contributed by atoms with van der Waals surface area (Å²) < 4.78 is 18.9. The Hall–Kier alpha value is -3.72. The van der Waals surface area contributed by atoms with Gasteiger partial charge in [-0.2, -0.15) is 0 Å². The third-order valence-electron chi connectivity index (χ3n) is 6.59. The van der Waals surface area contributed by atoms with Crippen LogP contribution in [0.5, 0.6) is 5.75 Å². The molecule has 1 aliphatic carbocycles. The first-order valence-corrected chi connectivity index (χ1v) is 13.9. The van der Waals surface area contributed by atoms with Gasteiger partial charge in [-0.05, 0) is 87.1 Å². The van der Waals surface area contributed by atoms with E-state index in [1.54, 1.807) is 48.4 Å². The number of thioether (sulfide) groups is 1. The highest BCUT2D eigenvalue weighted by Crippen LogP contribution is 2.29. The number of anilines is 1. The van der Waals surface area contributed by atoms with Crippen LogP contribution in [0.1, 0.15) is 36.2 Å². The fourth-order valence-electron chi connectivity index (χ4n) is 4.70. The largest absolute Gasteiger partial charge is 0.497 e. The number of benzene rings is 2. The molecule has 1 aliphatic rings. The number of hydrogen-bond acceptors (Lipinski definition) is 6. The van der Waals surface area contributed by atoms with Crippen LogP contribution in [0, 0.1) is 25.6 Å². The summed E-state index contributed by atoms with van der Waals surface area (Å²) in [5, 5.41) is 3.52. The van der Waals surface area contributed by atoms with E-state index in [1.165, 1.54) is 23.9 Å². The molecule has 0 aliphatic heterocycles. The Labute approximate surface area is 232 Å². The smallest absolute Gasteiger partial charge is 0.247 e. The Bertz CT molecular complexity index is 1290. The average molecular weight is 549 g/mol. The van der Waals surface area contributed by atoms with Gasteiger partial charge in [0.2, 0.25) is 11.8 Å². The lowest BCUT2D eigenvalue weighted by Gasteiger charge is -2.37. The van der Waals surface area contributed by atoms with Crippen molar-refractivity contribution >= 4 is 29.3 Å². The zero-order valence-electron chi connectivity index (χ0n) is 22.4. The summed E-state index contributed by atoms with van der Waals surface area (Å²) in [6, 6.07) is 14.3. The first-order chi connectivity index (χ1) is 18.8. The molecule has 0 saturated heterocycles. The zero-order chi connectivity index (χ0) is 27.8. The molecule has 9 heteroatoms. The summed E-state index contributed by atoms with van der Waals surface area (Å²) in [5.41, 5.74) is 3.01. The van der Waals surface area contributed by atoms with E-state index in [1.807, 2.05) is 19.9 Å². The lowest BCUT2D eigenvalue weighted by atomic mass is 9.86. The summed E-state index contributed by atoms with van der Waals surface area (Å²) in [7, 11) is 1.58. The van der Waals surface area contributed by atoms with Gasteiger partial charge in [0.25, 0.3) is 0 Å². The summed E-state index contributed by atoms with van der Waals surface area (Å²) in [6.07, 6.45) is 6.47. The standard InChI is InChI=1S/C30H33FN4O3S/c1-20-17-21(2)33-30(32-20)39-19-27(36)35(18-22-9-11-24(31)12-10-22)28(23-7-5-4-6-8-23)29(37)34-25-13-15-26(38-3)16-14-25/h4-5,9-17,23,28H,6-8,18-19H2,1-3H3,(H,34,37)/t23-,28-/m0/s1. The molecule has 2 amide bonds. The average Bonchev–Trinajstić information content (AvgIpc) is 2.93. The second-order valence-electron chi connectivity index (χ2n) is 9.58. The molecule has 0 fully saturated rings. The molecule has 2 atom stereocenters. The quantitative estimate of drug-likeness (QED) is 0.198. The second kappa shape index (κ2) is 13.4. The molecule has 1 N–H and O–H groups in total. The monoisotopic (exact) mass is 548 g/mol. The molecule has 1 aromatic heterocycles. The van der Waals surface area contributed by atoms with Gasteiger partial charge in [0, 0.05) is 23.6 Å². The van der Waals surface area contributed by atoms with E-state index in [2.05, 4.69) is 27.4 Å². The van der Waals surface area contributed by atoms with E-state index in [0.29, 0.717) is 23.0 Å². The maximum Gasteiger partial charge on any atom is 0.247 e. The van der Waals surface area contributed by atoms with Crippen LogP contribution in [-0.4, -0.2) is 45.6 Å². The fraction of sp³-hybridized carbons (Fsp3) is 0.333. The Balaban J connectivity index is 1.63. The number of rotatable bonds is 10. The number of carbonyl (C=O) groups excluding carboxylic acids is 2. The first-order valence-electron chi connectivity index (χ1n) is 12.9. The number of aromatic nitrogens is 2. The third-order valence-corrected chi connectivity index (χ3v) is 7.42. The molecular weight excluding hydrogens is 515 g/mol. The van der Waals surface area contributed by atoms with E-state index in [0.717, 1.165) is 29.8 Å². The highest BCUT2D eigenvalue weighted by molar-refractivity contribution is 7.99. The molecule has 3 aromatic rings. The van der Waals surface area contributed by atoms with Gasteiger partial charge in [-0.15, -0.1) is 0 Å². The van der Waals surface area contributed by atoms with Gasteiger partial charge in [0.1, 0.15) is 17.6 Å². The molecule has 4 rings (SSSR count). The lowest BCUT2D eigenvalue weighted by Crippen LogP contribution is -2.51. The van der Waals surface area contributed by atoms with E-state index in [4.69, 9.17) is 4.74 Å². The minimum absolute atomic E-state index is 0.0684. The molecule has 0 spiro atoms. The van der Waals surface area contributed by atoms with Crippen LogP contribution in [0.2, 0.25) is 0 Å². The van der Waals surface area contributed by atoms with E-state index in [-0.39, 0.29) is 35.8 Å². The second-order valence-corrected chi connectivity index (χ2v) is 10.5. The Morgan fingerprint density at radius 3 is 2.38 bits per heavy atom. The number of aryl methyl sites for hydroxylation is 2. The maximum absolute atomic E-state index is 13.9. The number of allylic oxidation sites excluding steroid dienone is 2. The number of amides is 2. The predicted octanol–water partition coefficient (Wildman–Crippen LogP) is 5.73. The van der Waals surface area contributed by atoms with Crippen molar-refractivity contribution in [3.8, 4) is 5.75 Å². The normalized spacial score (nSPS) is 15.4. The highest BCUT2D eigenvalue weighted by Gasteiger charge is 2.36. The Morgan fingerprint density at radius 2 is 1.77 bits per heavy atom. The molecule has 2 aromatic carbocycles. The van der Waals surface area contributed by atoms with Gasteiger partial charge >= 0.3 is 0 Å². The molecule has 39 heavy (non-hydrogen) atoms. The van der Waals surface area contributed by atoms with E-state index < -0.39 is 6.04 Å². The summed E-state index contributed by atoms with van der Waals surface area (Å²) in [6.45, 7) is 3.95. The first kappa shape index (κ1) is 28.3. The van der Waals surface area contributed by atoms with Gasteiger partial charge in [0.15, 0.2) is 5.16 Å². The number of carbonyl (C=O) groups is 2. The fourth-order valence-corrected chi connectivity index (χ4v) is 5.54. The van der Waals surface area contributed by atoms with Crippen molar-refractivity contribution in [2.75, 3.05) is 18.2 Å². The van der Waals surface area contributed by atoms with Crippen LogP contribution >= 0.6 is 11.8 Å². The summed E-state index contributed by atoms with van der Waals surface area (Å²) in [5.74, 6) is -0.148. The molecule has 204 valence electrons. The SMILES string of the molecule is COc1ccc(NC(=O)[C@H]([C@H]2CC=CCC2)N(Cc2ccc(F)cc2)C(=O)CSc2nc(C)cc(C)n2)cc1.